The lowest BCUT2D eigenvalue weighted by Gasteiger charge is -2.11. The SMILES string of the molecule is Nc1cc([N+](=O)[O-])ccc1Nc1cccc2ccccc12. The summed E-state index contributed by atoms with van der Waals surface area (Å²) in [6.07, 6.45) is 0. The average Bonchev–Trinajstić information content (AvgIpc) is 2.49. The number of rotatable bonds is 3. The molecule has 0 fully saturated rings. The Hall–Kier alpha value is -3.08. The Morgan fingerprint density at radius 3 is 2.48 bits per heavy atom. The molecule has 21 heavy (non-hydrogen) atoms. The largest absolute Gasteiger partial charge is 0.397 e. The second-order valence-electron chi connectivity index (χ2n) is 4.68. The molecule has 0 unspecified atom stereocenters. The first-order valence-corrected chi connectivity index (χ1v) is 6.44. The fourth-order valence-electron chi connectivity index (χ4n) is 2.26. The highest BCUT2D eigenvalue weighted by Crippen LogP contribution is 2.30. The van der Waals surface area contributed by atoms with Gasteiger partial charge in [-0.1, -0.05) is 36.4 Å². The standard InChI is InChI=1S/C16H13N3O2/c17-14-10-12(19(20)21)8-9-16(14)18-15-7-3-5-11-4-1-2-6-13(11)15/h1-10,18H,17H2. The van der Waals surface area contributed by atoms with Gasteiger partial charge in [0.25, 0.3) is 5.69 Å². The first-order chi connectivity index (χ1) is 10.1. The van der Waals surface area contributed by atoms with Crippen molar-refractivity contribution in [3.8, 4) is 0 Å². The number of fused-ring (bicyclic) bond motifs is 1. The molecule has 5 heteroatoms. The average molecular weight is 279 g/mol. The van der Waals surface area contributed by atoms with Crippen LogP contribution in [0.5, 0.6) is 0 Å². The fourth-order valence-corrected chi connectivity index (χ4v) is 2.26. The van der Waals surface area contributed by atoms with Crippen LogP contribution in [0.2, 0.25) is 0 Å². The molecule has 0 heterocycles. The summed E-state index contributed by atoms with van der Waals surface area (Å²) in [5, 5.41) is 16.1. The molecule has 0 aliphatic carbocycles. The number of nitro groups is 1. The molecule has 0 radical (unpaired) electrons. The van der Waals surface area contributed by atoms with Gasteiger partial charge >= 0.3 is 0 Å². The third kappa shape index (κ3) is 2.49. The highest BCUT2D eigenvalue weighted by molar-refractivity contribution is 5.96. The highest BCUT2D eigenvalue weighted by atomic mass is 16.6. The van der Waals surface area contributed by atoms with Crippen LogP contribution < -0.4 is 11.1 Å². The number of nitrogens with one attached hydrogen (secondary N) is 1. The van der Waals surface area contributed by atoms with Crippen LogP contribution in [0.3, 0.4) is 0 Å². The minimum Gasteiger partial charge on any atom is -0.397 e. The number of nitrogen functional groups attached to an aromatic ring is 1. The minimum absolute atomic E-state index is 0.0176. The summed E-state index contributed by atoms with van der Waals surface area (Å²) in [7, 11) is 0. The van der Waals surface area contributed by atoms with Crippen LogP contribution in [0.25, 0.3) is 10.8 Å². The van der Waals surface area contributed by atoms with E-state index in [1.807, 2.05) is 42.5 Å². The van der Waals surface area contributed by atoms with E-state index in [4.69, 9.17) is 5.73 Å². The topological polar surface area (TPSA) is 81.2 Å². The Morgan fingerprint density at radius 2 is 1.71 bits per heavy atom. The van der Waals surface area contributed by atoms with Crippen molar-refractivity contribution >= 4 is 33.5 Å². The predicted molar refractivity (Wildman–Crippen MR) is 84.7 cm³/mol. The van der Waals surface area contributed by atoms with Crippen molar-refractivity contribution in [3.05, 3.63) is 70.8 Å². The van der Waals surface area contributed by atoms with E-state index in [0.29, 0.717) is 11.4 Å². The van der Waals surface area contributed by atoms with E-state index in [0.717, 1.165) is 16.5 Å². The van der Waals surface area contributed by atoms with Crippen molar-refractivity contribution < 1.29 is 4.92 Å². The van der Waals surface area contributed by atoms with Gasteiger partial charge < -0.3 is 11.1 Å². The molecule has 0 bridgehead atoms. The van der Waals surface area contributed by atoms with Crippen molar-refractivity contribution in [2.75, 3.05) is 11.1 Å². The molecular formula is C16H13N3O2. The Labute approximate surface area is 121 Å². The van der Waals surface area contributed by atoms with Crippen LogP contribution in [0, 0.1) is 10.1 Å². The van der Waals surface area contributed by atoms with E-state index in [1.54, 1.807) is 6.07 Å². The molecule has 0 spiro atoms. The van der Waals surface area contributed by atoms with Crippen LogP contribution in [-0.2, 0) is 0 Å². The number of anilines is 3. The third-order valence-corrected chi connectivity index (χ3v) is 3.30. The number of hydrogen-bond acceptors (Lipinski definition) is 4. The molecule has 3 rings (SSSR count). The predicted octanol–water partition coefficient (Wildman–Crippen LogP) is 4.07. The number of nitrogens with zero attached hydrogens (tertiary/aromatic N) is 1. The molecule has 0 amide bonds. The number of nitrogens with two attached hydrogens (primary N) is 1. The molecule has 0 saturated carbocycles. The number of nitro benzene ring substituents is 1. The molecule has 3 aromatic carbocycles. The zero-order valence-electron chi connectivity index (χ0n) is 11.1. The number of non-ortho nitro benzene ring substituents is 1. The van der Waals surface area contributed by atoms with Crippen molar-refractivity contribution in [3.63, 3.8) is 0 Å². The normalized spacial score (nSPS) is 10.5. The van der Waals surface area contributed by atoms with Gasteiger partial charge in [0.2, 0.25) is 0 Å². The molecule has 0 aliphatic rings. The van der Waals surface area contributed by atoms with Crippen molar-refractivity contribution in [2.45, 2.75) is 0 Å². The summed E-state index contributed by atoms with van der Waals surface area (Å²) < 4.78 is 0. The van der Waals surface area contributed by atoms with Gasteiger partial charge in [-0.2, -0.15) is 0 Å². The van der Waals surface area contributed by atoms with Crippen LogP contribution in [0.15, 0.2) is 60.7 Å². The summed E-state index contributed by atoms with van der Waals surface area (Å²) in [4.78, 5) is 10.3. The smallest absolute Gasteiger partial charge is 0.271 e. The van der Waals surface area contributed by atoms with Gasteiger partial charge in [-0.25, -0.2) is 0 Å². The molecule has 3 aromatic rings. The van der Waals surface area contributed by atoms with Crippen LogP contribution in [0.4, 0.5) is 22.7 Å². The summed E-state index contributed by atoms with van der Waals surface area (Å²) in [5.41, 5.74) is 7.77. The number of benzene rings is 3. The first-order valence-electron chi connectivity index (χ1n) is 6.44. The Balaban J connectivity index is 2.01. The van der Waals surface area contributed by atoms with Crippen LogP contribution in [0.1, 0.15) is 0 Å². The van der Waals surface area contributed by atoms with Gasteiger partial charge in [0.15, 0.2) is 0 Å². The summed E-state index contributed by atoms with van der Waals surface area (Å²) >= 11 is 0. The second kappa shape index (κ2) is 5.13. The van der Waals surface area contributed by atoms with E-state index >= 15 is 0 Å². The molecule has 0 aliphatic heterocycles. The van der Waals surface area contributed by atoms with E-state index in [9.17, 15) is 10.1 Å². The van der Waals surface area contributed by atoms with Gasteiger partial charge in [0.05, 0.1) is 16.3 Å². The maximum absolute atomic E-state index is 10.7. The molecule has 3 N–H and O–H groups in total. The van der Waals surface area contributed by atoms with Gasteiger partial charge in [-0.05, 0) is 17.5 Å². The zero-order valence-corrected chi connectivity index (χ0v) is 11.1. The van der Waals surface area contributed by atoms with E-state index in [1.165, 1.54) is 12.1 Å². The van der Waals surface area contributed by atoms with Crippen LogP contribution >= 0.6 is 0 Å². The second-order valence-corrected chi connectivity index (χ2v) is 4.68. The molecule has 0 saturated heterocycles. The third-order valence-electron chi connectivity index (χ3n) is 3.30. The van der Waals surface area contributed by atoms with Crippen molar-refractivity contribution in [2.24, 2.45) is 0 Å². The van der Waals surface area contributed by atoms with Crippen molar-refractivity contribution in [1.29, 1.82) is 0 Å². The molecule has 5 nitrogen and oxygen atoms in total. The van der Waals surface area contributed by atoms with E-state index in [-0.39, 0.29) is 5.69 Å². The number of hydrogen-bond donors (Lipinski definition) is 2. The van der Waals surface area contributed by atoms with Gasteiger partial charge in [-0.3, -0.25) is 10.1 Å². The summed E-state index contributed by atoms with van der Waals surface area (Å²) in [6, 6.07) is 18.3. The first kappa shape index (κ1) is 12.9. The Bertz CT molecular complexity index is 825. The maximum atomic E-state index is 10.7. The monoisotopic (exact) mass is 279 g/mol. The minimum atomic E-state index is -0.460. The zero-order chi connectivity index (χ0) is 14.8. The Kier molecular flexibility index (Phi) is 3.16. The fraction of sp³-hybridized carbons (Fsp3) is 0. The lowest BCUT2D eigenvalue weighted by Crippen LogP contribution is -1.98. The molecule has 104 valence electrons. The highest BCUT2D eigenvalue weighted by Gasteiger charge is 2.09. The quantitative estimate of drug-likeness (QED) is 0.430. The molecule has 0 aromatic heterocycles. The van der Waals surface area contributed by atoms with Crippen molar-refractivity contribution in [1.82, 2.24) is 0 Å². The molecule has 0 atom stereocenters. The van der Waals surface area contributed by atoms with E-state index in [2.05, 4.69) is 5.32 Å². The van der Waals surface area contributed by atoms with Crippen LogP contribution in [-0.4, -0.2) is 4.92 Å². The van der Waals surface area contributed by atoms with Gasteiger partial charge in [0, 0.05) is 23.2 Å². The Morgan fingerprint density at radius 1 is 0.952 bits per heavy atom. The summed E-state index contributed by atoms with van der Waals surface area (Å²) in [6.45, 7) is 0. The molecular weight excluding hydrogens is 266 g/mol. The lowest BCUT2D eigenvalue weighted by atomic mass is 10.1. The van der Waals surface area contributed by atoms with E-state index < -0.39 is 4.92 Å². The maximum Gasteiger partial charge on any atom is 0.271 e. The van der Waals surface area contributed by atoms with Gasteiger partial charge in [0.1, 0.15) is 0 Å². The van der Waals surface area contributed by atoms with Gasteiger partial charge in [-0.15, -0.1) is 0 Å². The summed E-state index contributed by atoms with van der Waals surface area (Å²) in [5.74, 6) is 0. The lowest BCUT2D eigenvalue weighted by molar-refractivity contribution is -0.384.